The number of hydrogen-bond donors (Lipinski definition) is 4. The molecule has 3 aromatic carbocycles. The van der Waals surface area contributed by atoms with E-state index in [0.29, 0.717) is 11.1 Å². The number of benzene rings is 3. The number of phenolic OH excluding ortho intramolecular Hbond substituents is 2. The van der Waals surface area contributed by atoms with E-state index in [1.807, 2.05) is 30.3 Å². The largest absolute Gasteiger partial charge is 0.508 e. The smallest absolute Gasteiger partial charge is 0.408 e. The molecular formula is C34H43N3O6. The zero-order chi connectivity index (χ0) is 31.9. The van der Waals surface area contributed by atoms with Crippen molar-refractivity contribution in [3.63, 3.8) is 0 Å². The summed E-state index contributed by atoms with van der Waals surface area (Å²) in [5, 5.41) is 26.6. The van der Waals surface area contributed by atoms with Gasteiger partial charge < -0.3 is 30.5 Å². The van der Waals surface area contributed by atoms with Gasteiger partial charge in [0.2, 0.25) is 11.8 Å². The fourth-order valence-corrected chi connectivity index (χ4v) is 4.71. The van der Waals surface area contributed by atoms with Crippen LogP contribution in [0.2, 0.25) is 0 Å². The predicted molar refractivity (Wildman–Crippen MR) is 165 cm³/mol. The molecule has 3 amide bonds. The lowest BCUT2D eigenvalue weighted by Gasteiger charge is -2.43. The van der Waals surface area contributed by atoms with Gasteiger partial charge in [0.05, 0.1) is 0 Å². The maximum absolute atomic E-state index is 14.6. The highest BCUT2D eigenvalue weighted by atomic mass is 16.6. The first-order valence-electron chi connectivity index (χ1n) is 14.3. The van der Waals surface area contributed by atoms with E-state index in [-0.39, 0.29) is 30.0 Å². The molecule has 3 rings (SSSR count). The van der Waals surface area contributed by atoms with Crippen molar-refractivity contribution in [3.05, 3.63) is 95.1 Å². The van der Waals surface area contributed by atoms with E-state index in [4.69, 9.17) is 4.74 Å². The van der Waals surface area contributed by atoms with Crippen LogP contribution in [-0.4, -0.2) is 50.2 Å². The van der Waals surface area contributed by atoms with Crippen LogP contribution in [0.5, 0.6) is 11.5 Å². The van der Waals surface area contributed by atoms with Crippen LogP contribution in [0.1, 0.15) is 69.8 Å². The second-order valence-electron chi connectivity index (χ2n) is 12.6. The number of nitrogens with zero attached hydrogens (tertiary/aromatic N) is 1. The van der Waals surface area contributed by atoms with Gasteiger partial charge in [-0.25, -0.2) is 4.79 Å². The number of carbonyl (C=O) groups excluding carboxylic acids is 3. The fraction of sp³-hybridized carbons (Fsp3) is 0.382. The van der Waals surface area contributed by atoms with Crippen LogP contribution in [-0.2, 0) is 27.3 Å². The maximum atomic E-state index is 14.6. The lowest BCUT2D eigenvalue weighted by molar-refractivity contribution is -0.148. The van der Waals surface area contributed by atoms with Gasteiger partial charge in [0.25, 0.3) is 0 Å². The summed E-state index contributed by atoms with van der Waals surface area (Å²) in [7, 11) is 0. The Morgan fingerprint density at radius 3 is 2.05 bits per heavy atom. The number of ether oxygens (including phenoxy) is 1. The average Bonchev–Trinajstić information content (AvgIpc) is 2.91. The molecule has 0 saturated carbocycles. The van der Waals surface area contributed by atoms with Gasteiger partial charge in [0, 0.05) is 24.1 Å². The molecule has 0 bridgehead atoms. The van der Waals surface area contributed by atoms with Crippen molar-refractivity contribution in [2.75, 3.05) is 0 Å². The number of para-hydroxylation sites is 1. The van der Waals surface area contributed by atoms with E-state index in [9.17, 15) is 24.6 Å². The van der Waals surface area contributed by atoms with Crippen molar-refractivity contribution in [2.45, 2.75) is 84.7 Å². The Bertz CT molecular complexity index is 1410. The first kappa shape index (κ1) is 33.0. The highest BCUT2D eigenvalue weighted by Crippen LogP contribution is 2.36. The number of carbonyl (C=O) groups is 3. The minimum Gasteiger partial charge on any atom is -0.508 e. The highest BCUT2D eigenvalue weighted by Gasteiger charge is 2.43. The number of hydrogen-bond acceptors (Lipinski definition) is 6. The molecule has 9 nitrogen and oxygen atoms in total. The normalized spacial score (nSPS) is 13.0. The zero-order valence-electron chi connectivity index (χ0n) is 26.0. The van der Waals surface area contributed by atoms with Gasteiger partial charge in [-0.2, -0.15) is 0 Å². The fourth-order valence-electron chi connectivity index (χ4n) is 4.71. The van der Waals surface area contributed by atoms with Crippen LogP contribution >= 0.6 is 0 Å². The zero-order valence-corrected chi connectivity index (χ0v) is 26.0. The number of rotatable bonds is 9. The molecule has 0 radical (unpaired) electrons. The first-order valence-corrected chi connectivity index (χ1v) is 14.3. The van der Waals surface area contributed by atoms with E-state index in [1.54, 1.807) is 78.8 Å². The summed E-state index contributed by atoms with van der Waals surface area (Å²) in [5.74, 6) is -1.08. The summed E-state index contributed by atoms with van der Waals surface area (Å²) < 4.78 is 5.48. The molecule has 4 N–H and O–H groups in total. The van der Waals surface area contributed by atoms with Gasteiger partial charge in [-0.3, -0.25) is 9.59 Å². The number of aryl methyl sites for hydroxylation is 1. The molecule has 0 aliphatic rings. The molecule has 230 valence electrons. The number of nitrogens with one attached hydrogen (secondary N) is 2. The minimum atomic E-state index is -1.24. The Labute approximate surface area is 253 Å². The Morgan fingerprint density at radius 2 is 1.47 bits per heavy atom. The van der Waals surface area contributed by atoms with E-state index < -0.39 is 41.1 Å². The number of amides is 3. The van der Waals surface area contributed by atoms with E-state index in [1.165, 1.54) is 17.0 Å². The standard InChI is InChI=1S/C34H43N3O6/c1-22-12-11-15-26(29(22)39)28(30(40)35-21-24-13-9-8-10-14-24)37(33(2,3)4)31(41)27(36-32(42)43-34(5,6)7)20-23-16-18-25(38)19-17-23/h8-19,27-28,38-39H,20-21H2,1-7H3,(H,35,40)(H,36,42). The molecule has 0 aliphatic carbocycles. The van der Waals surface area contributed by atoms with E-state index >= 15 is 0 Å². The number of phenols is 2. The molecular weight excluding hydrogens is 546 g/mol. The third-order valence-electron chi connectivity index (χ3n) is 6.71. The molecule has 2 unspecified atom stereocenters. The Kier molecular flexibility index (Phi) is 10.5. The topological polar surface area (TPSA) is 128 Å². The van der Waals surface area contributed by atoms with Crippen LogP contribution in [0.15, 0.2) is 72.8 Å². The Morgan fingerprint density at radius 1 is 0.837 bits per heavy atom. The summed E-state index contributed by atoms with van der Waals surface area (Å²) >= 11 is 0. The van der Waals surface area contributed by atoms with Crippen molar-refractivity contribution in [3.8, 4) is 11.5 Å². The highest BCUT2D eigenvalue weighted by molar-refractivity contribution is 5.93. The molecule has 0 saturated heterocycles. The van der Waals surface area contributed by atoms with Gasteiger partial charge in [0.15, 0.2) is 0 Å². The van der Waals surface area contributed by atoms with Crippen molar-refractivity contribution in [1.29, 1.82) is 0 Å². The second kappa shape index (κ2) is 13.6. The molecule has 0 aliphatic heterocycles. The SMILES string of the molecule is Cc1cccc(C(C(=O)NCc2ccccc2)N(C(=O)C(Cc2ccc(O)cc2)NC(=O)OC(C)(C)C)C(C)(C)C)c1O. The first-order chi connectivity index (χ1) is 20.1. The summed E-state index contributed by atoms with van der Waals surface area (Å²) in [6.07, 6.45) is -0.731. The van der Waals surface area contributed by atoms with Gasteiger partial charge in [-0.05, 0) is 77.3 Å². The average molecular weight is 590 g/mol. The molecule has 0 spiro atoms. The quantitative estimate of drug-likeness (QED) is 0.260. The van der Waals surface area contributed by atoms with E-state index in [0.717, 1.165) is 5.56 Å². The summed E-state index contributed by atoms with van der Waals surface area (Å²) in [6.45, 7) is 12.5. The van der Waals surface area contributed by atoms with Crippen molar-refractivity contribution < 1.29 is 29.3 Å². The van der Waals surface area contributed by atoms with Gasteiger partial charge in [-0.15, -0.1) is 0 Å². The van der Waals surface area contributed by atoms with Crippen LogP contribution in [0, 0.1) is 6.92 Å². The minimum absolute atomic E-state index is 0.0586. The molecule has 2 atom stereocenters. The summed E-state index contributed by atoms with van der Waals surface area (Å²) in [5.41, 5.74) is 0.595. The van der Waals surface area contributed by atoms with Crippen LogP contribution < -0.4 is 10.6 Å². The van der Waals surface area contributed by atoms with E-state index in [2.05, 4.69) is 10.6 Å². The van der Waals surface area contributed by atoms with Crippen molar-refractivity contribution in [1.82, 2.24) is 15.5 Å². The van der Waals surface area contributed by atoms with Crippen LogP contribution in [0.3, 0.4) is 0 Å². The Balaban J connectivity index is 2.10. The predicted octanol–water partition coefficient (Wildman–Crippen LogP) is 5.53. The van der Waals surface area contributed by atoms with Crippen molar-refractivity contribution >= 4 is 17.9 Å². The van der Waals surface area contributed by atoms with Crippen molar-refractivity contribution in [2.24, 2.45) is 0 Å². The lowest BCUT2D eigenvalue weighted by atomic mass is 9.92. The molecule has 3 aromatic rings. The van der Waals surface area contributed by atoms with Crippen LogP contribution in [0.25, 0.3) is 0 Å². The second-order valence-corrected chi connectivity index (χ2v) is 12.6. The van der Waals surface area contributed by atoms with Gasteiger partial charge in [-0.1, -0.05) is 60.7 Å². The third kappa shape index (κ3) is 9.23. The monoisotopic (exact) mass is 589 g/mol. The lowest BCUT2D eigenvalue weighted by Crippen LogP contribution is -2.59. The number of aromatic hydroxyl groups is 2. The summed E-state index contributed by atoms with van der Waals surface area (Å²) in [6, 6.07) is 18.4. The summed E-state index contributed by atoms with van der Waals surface area (Å²) in [4.78, 5) is 43.0. The Hall–Kier alpha value is -4.53. The maximum Gasteiger partial charge on any atom is 0.408 e. The van der Waals surface area contributed by atoms with Gasteiger partial charge in [0.1, 0.15) is 29.2 Å². The number of alkyl carbamates (subject to hydrolysis) is 1. The molecule has 0 aromatic heterocycles. The molecule has 0 heterocycles. The third-order valence-corrected chi connectivity index (χ3v) is 6.71. The molecule has 9 heteroatoms. The molecule has 0 fully saturated rings. The van der Waals surface area contributed by atoms with Crippen LogP contribution in [0.4, 0.5) is 4.79 Å². The molecule has 43 heavy (non-hydrogen) atoms. The van der Waals surface area contributed by atoms with Gasteiger partial charge >= 0.3 is 6.09 Å².